The number of morpholine rings is 1. The van der Waals surface area contributed by atoms with Crippen molar-refractivity contribution < 1.29 is 19.1 Å². The molecule has 0 radical (unpaired) electrons. The summed E-state index contributed by atoms with van der Waals surface area (Å²) in [6.45, 7) is 6.61. The van der Waals surface area contributed by atoms with Crippen molar-refractivity contribution in [1.82, 2.24) is 9.78 Å². The number of fused-ring (bicyclic) bond motifs is 1. The number of nitrogens with one attached hydrogen (secondary N) is 1. The quantitative estimate of drug-likeness (QED) is 0.576. The van der Waals surface area contributed by atoms with Crippen LogP contribution in [0.2, 0.25) is 0 Å². The van der Waals surface area contributed by atoms with Gasteiger partial charge < -0.3 is 19.7 Å². The Balaban J connectivity index is 1.44. The molecule has 33 heavy (non-hydrogen) atoms. The van der Waals surface area contributed by atoms with Crippen molar-refractivity contribution in [3.05, 3.63) is 64.6 Å². The van der Waals surface area contributed by atoms with Crippen LogP contribution in [0.3, 0.4) is 0 Å². The Morgan fingerprint density at radius 2 is 1.76 bits per heavy atom. The van der Waals surface area contributed by atoms with Gasteiger partial charge in [-0.25, -0.2) is 9.48 Å². The van der Waals surface area contributed by atoms with E-state index in [0.717, 1.165) is 18.8 Å². The summed E-state index contributed by atoms with van der Waals surface area (Å²) < 4.78 is 12.0. The fourth-order valence-corrected chi connectivity index (χ4v) is 3.69. The van der Waals surface area contributed by atoms with E-state index < -0.39 is 18.0 Å². The summed E-state index contributed by atoms with van der Waals surface area (Å²) in [7, 11) is 0. The summed E-state index contributed by atoms with van der Waals surface area (Å²) in [5.74, 6) is -1.23. The predicted octanol–water partition coefficient (Wildman–Crippen LogP) is 2.44. The highest BCUT2D eigenvalue weighted by Crippen LogP contribution is 2.20. The molecule has 0 unspecified atom stereocenters. The normalized spacial score (nSPS) is 14.7. The third-order valence-corrected chi connectivity index (χ3v) is 5.52. The molecule has 1 amide bonds. The van der Waals surface area contributed by atoms with Crippen LogP contribution in [-0.2, 0) is 20.8 Å². The van der Waals surface area contributed by atoms with Gasteiger partial charge in [0, 0.05) is 36.4 Å². The molecule has 2 heterocycles. The van der Waals surface area contributed by atoms with E-state index in [1.54, 1.807) is 31.2 Å². The van der Waals surface area contributed by atoms with Gasteiger partial charge in [0.2, 0.25) is 0 Å². The molecule has 1 aromatic heterocycles. The van der Waals surface area contributed by atoms with Crippen molar-refractivity contribution in [3.8, 4) is 0 Å². The maximum Gasteiger partial charge on any atom is 0.360 e. The van der Waals surface area contributed by atoms with Crippen LogP contribution in [-0.4, -0.2) is 54.1 Å². The van der Waals surface area contributed by atoms with Gasteiger partial charge in [-0.1, -0.05) is 18.2 Å². The predicted molar refractivity (Wildman–Crippen MR) is 125 cm³/mol. The Bertz CT molecular complexity index is 1220. The van der Waals surface area contributed by atoms with Crippen LogP contribution in [0.15, 0.2) is 53.3 Å². The molecule has 0 bridgehead atoms. The van der Waals surface area contributed by atoms with Gasteiger partial charge >= 0.3 is 5.97 Å². The first-order chi connectivity index (χ1) is 16.0. The first kappa shape index (κ1) is 22.5. The summed E-state index contributed by atoms with van der Waals surface area (Å²) in [6.07, 6.45) is -1.06. The van der Waals surface area contributed by atoms with E-state index in [0.29, 0.717) is 36.2 Å². The van der Waals surface area contributed by atoms with Crippen LogP contribution in [0.1, 0.15) is 24.3 Å². The zero-order chi connectivity index (χ0) is 23.4. The van der Waals surface area contributed by atoms with E-state index in [2.05, 4.69) is 15.3 Å². The minimum absolute atomic E-state index is 0.00145. The van der Waals surface area contributed by atoms with Gasteiger partial charge in [0.05, 0.1) is 18.6 Å². The molecule has 1 fully saturated rings. The van der Waals surface area contributed by atoms with Crippen molar-refractivity contribution in [2.45, 2.75) is 26.5 Å². The Labute approximate surface area is 190 Å². The number of ether oxygens (including phenoxy) is 2. The number of esters is 1. The van der Waals surface area contributed by atoms with Crippen molar-refractivity contribution in [2.75, 3.05) is 36.5 Å². The molecule has 1 atom stereocenters. The molecule has 2 aromatic carbocycles. The zero-order valence-electron chi connectivity index (χ0n) is 18.6. The Kier molecular flexibility index (Phi) is 6.69. The molecule has 0 saturated carbocycles. The maximum atomic E-state index is 12.8. The van der Waals surface area contributed by atoms with Gasteiger partial charge in [-0.15, -0.1) is 0 Å². The van der Waals surface area contributed by atoms with Gasteiger partial charge in [-0.3, -0.25) is 9.59 Å². The van der Waals surface area contributed by atoms with E-state index in [1.807, 2.05) is 24.3 Å². The van der Waals surface area contributed by atoms with Gasteiger partial charge in [-0.2, -0.15) is 5.10 Å². The number of aryl methyl sites for hydroxylation is 1. The minimum Gasteiger partial charge on any atom is -0.448 e. The summed E-state index contributed by atoms with van der Waals surface area (Å²) >= 11 is 0. The molecule has 1 N–H and O–H groups in total. The Morgan fingerprint density at radius 1 is 1.09 bits per heavy atom. The second-order valence-electron chi connectivity index (χ2n) is 7.70. The number of hydrogen-bond donors (Lipinski definition) is 1. The van der Waals surface area contributed by atoms with Gasteiger partial charge in [-0.05, 0) is 44.2 Å². The Morgan fingerprint density at radius 3 is 2.42 bits per heavy atom. The topological polar surface area (TPSA) is 103 Å². The van der Waals surface area contributed by atoms with Gasteiger partial charge in [0.25, 0.3) is 11.5 Å². The number of hydrogen-bond acceptors (Lipinski definition) is 7. The summed E-state index contributed by atoms with van der Waals surface area (Å²) in [6, 6.07) is 14.2. The molecule has 3 aromatic rings. The van der Waals surface area contributed by atoms with E-state index in [4.69, 9.17) is 9.47 Å². The summed E-state index contributed by atoms with van der Waals surface area (Å²) in [5, 5.41) is 7.68. The highest BCUT2D eigenvalue weighted by atomic mass is 16.5. The highest BCUT2D eigenvalue weighted by molar-refractivity contribution is 6.03. The fourth-order valence-electron chi connectivity index (χ4n) is 3.69. The molecule has 0 spiro atoms. The second-order valence-corrected chi connectivity index (χ2v) is 7.70. The lowest BCUT2D eigenvalue weighted by Crippen LogP contribution is -2.36. The number of carbonyl (C=O) groups excluding carboxylic acids is 2. The van der Waals surface area contributed by atoms with Crippen LogP contribution in [0.4, 0.5) is 11.4 Å². The van der Waals surface area contributed by atoms with Crippen molar-refractivity contribution >= 4 is 34.0 Å². The lowest BCUT2D eigenvalue weighted by atomic mass is 10.1. The monoisotopic (exact) mass is 450 g/mol. The standard InChI is InChI=1S/C24H26N4O5/c1-3-28-23(30)20-7-5-4-6-19(20)21(26-28)24(31)33-16(2)22(29)25-17-8-10-18(11-9-17)27-12-14-32-15-13-27/h4-11,16H,3,12-15H2,1-2H3,(H,25,29)/t16-/m0/s1. The lowest BCUT2D eigenvalue weighted by Gasteiger charge is -2.28. The molecule has 4 rings (SSSR count). The van der Waals surface area contributed by atoms with E-state index in [1.165, 1.54) is 11.6 Å². The number of amides is 1. The third-order valence-electron chi connectivity index (χ3n) is 5.52. The molecule has 9 nitrogen and oxygen atoms in total. The molecule has 1 aliphatic heterocycles. The van der Waals surface area contributed by atoms with Crippen molar-refractivity contribution in [2.24, 2.45) is 0 Å². The average molecular weight is 450 g/mol. The number of nitrogens with zero attached hydrogens (tertiary/aromatic N) is 3. The maximum absolute atomic E-state index is 12.8. The first-order valence-electron chi connectivity index (χ1n) is 10.9. The molecule has 9 heteroatoms. The molecule has 1 aliphatic rings. The molecular formula is C24H26N4O5. The van der Waals surface area contributed by atoms with Crippen LogP contribution in [0.25, 0.3) is 10.8 Å². The van der Waals surface area contributed by atoms with Gasteiger partial charge in [0.15, 0.2) is 11.8 Å². The molecule has 1 saturated heterocycles. The van der Waals surface area contributed by atoms with E-state index in [9.17, 15) is 14.4 Å². The molecule has 0 aliphatic carbocycles. The van der Waals surface area contributed by atoms with Crippen LogP contribution in [0, 0.1) is 0 Å². The first-order valence-corrected chi connectivity index (χ1v) is 10.9. The fraction of sp³-hybridized carbons (Fsp3) is 0.333. The highest BCUT2D eigenvalue weighted by Gasteiger charge is 2.23. The molecule has 172 valence electrons. The van der Waals surface area contributed by atoms with Gasteiger partial charge in [0.1, 0.15) is 0 Å². The van der Waals surface area contributed by atoms with E-state index in [-0.39, 0.29) is 11.3 Å². The summed E-state index contributed by atoms with van der Waals surface area (Å²) in [4.78, 5) is 40.1. The number of benzene rings is 2. The smallest absolute Gasteiger partial charge is 0.360 e. The number of anilines is 2. The minimum atomic E-state index is -1.06. The molecular weight excluding hydrogens is 424 g/mol. The zero-order valence-corrected chi connectivity index (χ0v) is 18.6. The van der Waals surface area contributed by atoms with Crippen LogP contribution < -0.4 is 15.8 Å². The van der Waals surface area contributed by atoms with Crippen molar-refractivity contribution in [3.63, 3.8) is 0 Å². The second kappa shape index (κ2) is 9.83. The Hall–Kier alpha value is -3.72. The largest absolute Gasteiger partial charge is 0.448 e. The number of aromatic nitrogens is 2. The SMILES string of the molecule is CCn1nc(C(=O)O[C@@H](C)C(=O)Nc2ccc(N3CCOCC3)cc2)c2ccccc2c1=O. The summed E-state index contributed by atoms with van der Waals surface area (Å²) in [5.41, 5.74) is 1.38. The van der Waals surface area contributed by atoms with E-state index >= 15 is 0 Å². The number of carbonyl (C=O) groups is 2. The third kappa shape index (κ3) is 4.88. The van der Waals surface area contributed by atoms with Crippen molar-refractivity contribution in [1.29, 1.82) is 0 Å². The number of rotatable bonds is 6. The van der Waals surface area contributed by atoms with Crippen LogP contribution in [0.5, 0.6) is 0 Å². The lowest BCUT2D eigenvalue weighted by molar-refractivity contribution is -0.123. The van der Waals surface area contributed by atoms with Crippen LogP contribution >= 0.6 is 0 Å². The average Bonchev–Trinajstić information content (AvgIpc) is 2.85.